The molecule has 0 saturated carbocycles. The van der Waals surface area contributed by atoms with E-state index in [2.05, 4.69) is 9.97 Å². The van der Waals surface area contributed by atoms with Gasteiger partial charge in [0, 0.05) is 30.7 Å². The van der Waals surface area contributed by atoms with Crippen LogP contribution in [0.5, 0.6) is 5.75 Å². The molecule has 1 aromatic carbocycles. The lowest BCUT2D eigenvalue weighted by molar-refractivity contribution is -0.131. The Kier molecular flexibility index (Phi) is 5.93. The second-order valence-corrected chi connectivity index (χ2v) is 7.80. The summed E-state index contributed by atoms with van der Waals surface area (Å²) >= 11 is 0. The Balaban J connectivity index is 1.64. The highest BCUT2D eigenvalue weighted by Crippen LogP contribution is 2.37. The van der Waals surface area contributed by atoms with Crippen LogP contribution >= 0.6 is 0 Å². The average Bonchev–Trinajstić information content (AvgIpc) is 3.24. The zero-order valence-corrected chi connectivity index (χ0v) is 17.9. The zero-order chi connectivity index (χ0) is 22.0. The molecule has 160 valence electrons. The second kappa shape index (κ2) is 8.79. The average molecular weight is 420 g/mol. The third-order valence-electron chi connectivity index (χ3n) is 5.71. The van der Waals surface area contributed by atoms with Crippen LogP contribution in [0.2, 0.25) is 0 Å². The highest BCUT2D eigenvalue weighted by atomic mass is 19.1. The highest BCUT2D eigenvalue weighted by molar-refractivity contribution is 5.80. The molecule has 0 radical (unpaired) electrons. The Labute approximate surface area is 181 Å². The number of benzene rings is 1. The van der Waals surface area contributed by atoms with E-state index in [1.54, 1.807) is 18.3 Å². The highest BCUT2D eigenvalue weighted by Gasteiger charge is 2.33. The van der Waals surface area contributed by atoms with Crippen LogP contribution in [0.3, 0.4) is 0 Å². The monoisotopic (exact) mass is 420 g/mol. The number of hydrogen-bond donors (Lipinski definition) is 0. The van der Waals surface area contributed by atoms with E-state index in [1.165, 1.54) is 13.2 Å². The first kappa shape index (κ1) is 20.9. The predicted octanol–water partition coefficient (Wildman–Crippen LogP) is 4.21. The Morgan fingerprint density at radius 2 is 2.06 bits per heavy atom. The number of nitrogens with zero attached hydrogens (tertiary/aromatic N) is 4. The number of carbonyl (C=O) groups excluding carboxylic acids is 1. The lowest BCUT2D eigenvalue weighted by atomic mass is 9.97. The Hall–Kier alpha value is -3.35. The molecule has 1 atom stereocenters. The standard InChI is InChI=1S/C24H25FN4O2/c1-15-13-26-9-8-18(15)19-14-27-16(2)28-24(19)21-5-4-10-29(21)23(30)12-17-6-7-22(31-3)20(25)11-17/h6-9,11,13-14,21H,4-5,10,12H2,1-3H3. The van der Waals surface area contributed by atoms with Crippen molar-refractivity contribution in [1.29, 1.82) is 0 Å². The molecule has 6 nitrogen and oxygen atoms in total. The van der Waals surface area contributed by atoms with Crippen LogP contribution in [0.1, 0.15) is 41.5 Å². The summed E-state index contributed by atoms with van der Waals surface area (Å²) in [5.41, 5.74) is 4.44. The van der Waals surface area contributed by atoms with Gasteiger partial charge in [-0.3, -0.25) is 9.78 Å². The number of halogens is 1. The van der Waals surface area contributed by atoms with Gasteiger partial charge >= 0.3 is 0 Å². The van der Waals surface area contributed by atoms with Crippen LogP contribution in [0.4, 0.5) is 4.39 Å². The van der Waals surface area contributed by atoms with Gasteiger partial charge in [0.2, 0.25) is 5.91 Å². The van der Waals surface area contributed by atoms with Gasteiger partial charge in [0.1, 0.15) is 5.82 Å². The maximum atomic E-state index is 14.1. The fraction of sp³-hybridized carbons (Fsp3) is 0.333. The molecule has 1 unspecified atom stereocenters. The van der Waals surface area contributed by atoms with Gasteiger partial charge in [0.15, 0.2) is 11.6 Å². The summed E-state index contributed by atoms with van der Waals surface area (Å²) in [7, 11) is 1.42. The second-order valence-electron chi connectivity index (χ2n) is 7.80. The number of amides is 1. The maximum absolute atomic E-state index is 14.1. The van der Waals surface area contributed by atoms with Gasteiger partial charge in [-0.1, -0.05) is 6.07 Å². The minimum Gasteiger partial charge on any atom is -0.494 e. The van der Waals surface area contributed by atoms with Crippen molar-refractivity contribution in [3.8, 4) is 16.9 Å². The number of methoxy groups -OCH3 is 1. The van der Waals surface area contributed by atoms with Crippen molar-refractivity contribution in [3.63, 3.8) is 0 Å². The first-order valence-corrected chi connectivity index (χ1v) is 10.3. The quantitative estimate of drug-likeness (QED) is 0.619. The number of aromatic nitrogens is 3. The van der Waals surface area contributed by atoms with E-state index >= 15 is 0 Å². The summed E-state index contributed by atoms with van der Waals surface area (Å²) in [5, 5.41) is 0. The van der Waals surface area contributed by atoms with Crippen LogP contribution in [0.15, 0.2) is 42.9 Å². The van der Waals surface area contributed by atoms with E-state index < -0.39 is 5.82 Å². The van der Waals surface area contributed by atoms with Crippen LogP contribution in [-0.2, 0) is 11.2 Å². The largest absolute Gasteiger partial charge is 0.494 e. The fourth-order valence-corrected chi connectivity index (χ4v) is 4.17. The van der Waals surface area contributed by atoms with Gasteiger partial charge in [-0.2, -0.15) is 0 Å². The lowest BCUT2D eigenvalue weighted by Crippen LogP contribution is -2.32. The van der Waals surface area contributed by atoms with Crippen molar-refractivity contribution < 1.29 is 13.9 Å². The van der Waals surface area contributed by atoms with E-state index in [9.17, 15) is 9.18 Å². The number of ether oxygens (including phenoxy) is 1. The lowest BCUT2D eigenvalue weighted by Gasteiger charge is -2.26. The minimum atomic E-state index is -0.465. The third kappa shape index (κ3) is 4.26. The molecular formula is C24H25FN4O2. The van der Waals surface area contributed by atoms with Gasteiger partial charge < -0.3 is 9.64 Å². The Morgan fingerprint density at radius 1 is 1.23 bits per heavy atom. The molecule has 0 bridgehead atoms. The van der Waals surface area contributed by atoms with Crippen LogP contribution < -0.4 is 4.74 Å². The number of rotatable bonds is 5. The summed E-state index contributed by atoms with van der Waals surface area (Å²) in [4.78, 5) is 28.4. The van der Waals surface area contributed by atoms with Crippen LogP contribution in [-0.4, -0.2) is 39.4 Å². The third-order valence-corrected chi connectivity index (χ3v) is 5.71. The SMILES string of the molecule is COc1ccc(CC(=O)N2CCCC2c2nc(C)ncc2-c2ccncc2C)cc1F. The van der Waals surface area contributed by atoms with Gasteiger partial charge in [-0.25, -0.2) is 14.4 Å². The van der Waals surface area contributed by atoms with Crippen molar-refractivity contribution in [3.05, 3.63) is 71.3 Å². The summed E-state index contributed by atoms with van der Waals surface area (Å²) in [6, 6.07) is 6.46. The molecule has 4 rings (SSSR count). The maximum Gasteiger partial charge on any atom is 0.227 e. The molecule has 1 amide bonds. The van der Waals surface area contributed by atoms with Crippen LogP contribution in [0.25, 0.3) is 11.1 Å². The first-order valence-electron chi connectivity index (χ1n) is 10.3. The molecular weight excluding hydrogens is 395 g/mol. The molecule has 1 fully saturated rings. The summed E-state index contributed by atoms with van der Waals surface area (Å²) < 4.78 is 19.0. The van der Waals surface area contributed by atoms with Crippen molar-refractivity contribution in [2.24, 2.45) is 0 Å². The fourth-order valence-electron chi connectivity index (χ4n) is 4.17. The van der Waals surface area contributed by atoms with E-state index in [0.29, 0.717) is 17.9 Å². The van der Waals surface area contributed by atoms with Gasteiger partial charge in [-0.15, -0.1) is 0 Å². The predicted molar refractivity (Wildman–Crippen MR) is 115 cm³/mol. The normalized spacial score (nSPS) is 15.9. The molecule has 0 aliphatic carbocycles. The number of aryl methyl sites for hydroxylation is 2. The van der Waals surface area contributed by atoms with Gasteiger partial charge in [0.25, 0.3) is 0 Å². The van der Waals surface area contributed by atoms with Crippen molar-refractivity contribution >= 4 is 5.91 Å². The van der Waals surface area contributed by atoms with Crippen molar-refractivity contribution in [2.45, 2.75) is 39.2 Å². The van der Waals surface area contributed by atoms with E-state index in [-0.39, 0.29) is 24.1 Å². The molecule has 0 spiro atoms. The number of hydrogen-bond acceptors (Lipinski definition) is 5. The topological polar surface area (TPSA) is 68.2 Å². The van der Waals surface area contributed by atoms with E-state index in [4.69, 9.17) is 9.72 Å². The molecule has 0 N–H and O–H groups in total. The molecule has 2 aromatic heterocycles. The molecule has 31 heavy (non-hydrogen) atoms. The smallest absolute Gasteiger partial charge is 0.227 e. The summed E-state index contributed by atoms with van der Waals surface area (Å²) in [6.07, 6.45) is 7.25. The molecule has 3 aromatic rings. The van der Waals surface area contributed by atoms with Gasteiger partial charge in [-0.05, 0) is 61.6 Å². The van der Waals surface area contributed by atoms with Crippen LogP contribution in [0, 0.1) is 19.7 Å². The zero-order valence-electron chi connectivity index (χ0n) is 17.9. The Morgan fingerprint density at radius 3 is 2.81 bits per heavy atom. The molecule has 1 aliphatic heterocycles. The number of likely N-dealkylation sites (tertiary alicyclic amines) is 1. The number of carbonyl (C=O) groups is 1. The van der Waals surface area contributed by atoms with E-state index in [1.807, 2.05) is 37.2 Å². The van der Waals surface area contributed by atoms with Gasteiger partial charge in [0.05, 0.1) is 25.3 Å². The minimum absolute atomic E-state index is 0.0410. The van der Waals surface area contributed by atoms with E-state index in [0.717, 1.165) is 35.2 Å². The molecule has 7 heteroatoms. The first-order chi connectivity index (χ1) is 15.0. The number of pyridine rings is 1. The molecule has 3 heterocycles. The summed E-state index contributed by atoms with van der Waals surface area (Å²) in [6.45, 7) is 4.51. The Bertz CT molecular complexity index is 1120. The van der Waals surface area contributed by atoms with Crippen molar-refractivity contribution in [2.75, 3.05) is 13.7 Å². The summed E-state index contributed by atoms with van der Waals surface area (Å²) in [5.74, 6) is 0.333. The molecule has 1 aliphatic rings. The van der Waals surface area contributed by atoms with Crippen molar-refractivity contribution in [1.82, 2.24) is 19.9 Å². The molecule has 1 saturated heterocycles.